The number of hydrogen-bond donors (Lipinski definition) is 2. The minimum Gasteiger partial charge on any atom is -0.481 e. The first kappa shape index (κ1) is 18.2. The van der Waals surface area contributed by atoms with Crippen molar-refractivity contribution >= 4 is 11.9 Å². The number of nitrogens with one attached hydrogen (secondary N) is 1. The summed E-state index contributed by atoms with van der Waals surface area (Å²) in [5.74, 6) is -1.50. The van der Waals surface area contributed by atoms with Crippen molar-refractivity contribution in [3.63, 3.8) is 0 Å². The van der Waals surface area contributed by atoms with Gasteiger partial charge in [-0.1, -0.05) is 67.1 Å². The molecule has 1 amide bonds. The van der Waals surface area contributed by atoms with Crippen LogP contribution in [0.3, 0.4) is 0 Å². The number of rotatable bonds is 8. The second kappa shape index (κ2) is 8.17. The lowest BCUT2D eigenvalue weighted by molar-refractivity contribution is -0.142. The van der Waals surface area contributed by atoms with E-state index in [-0.39, 0.29) is 17.9 Å². The third-order valence-electron chi connectivity index (χ3n) is 5.36. The van der Waals surface area contributed by atoms with E-state index in [1.807, 2.05) is 60.7 Å². The molecule has 2 aromatic rings. The maximum atomic E-state index is 12.8. The zero-order valence-corrected chi connectivity index (χ0v) is 14.9. The Morgan fingerprint density at radius 3 is 2.04 bits per heavy atom. The van der Waals surface area contributed by atoms with Gasteiger partial charge in [0.15, 0.2) is 0 Å². The Morgan fingerprint density at radius 2 is 1.54 bits per heavy atom. The third-order valence-corrected chi connectivity index (χ3v) is 5.36. The summed E-state index contributed by atoms with van der Waals surface area (Å²) in [6.07, 6.45) is 3.92. The molecule has 0 saturated heterocycles. The standard InChI is InChI=1S/C22H25NO3/c24-20(25)19(14-17-8-3-1-4-9-17)16-23-21(26)22(12-7-13-22)15-18-10-5-2-6-11-18/h1-6,8-11,19H,7,12-16H2,(H,23,26)(H,24,25). The highest BCUT2D eigenvalue weighted by Crippen LogP contribution is 2.44. The number of carboxylic acid groups (broad SMARTS) is 1. The minimum atomic E-state index is -0.875. The molecule has 0 spiro atoms. The van der Waals surface area contributed by atoms with Crippen molar-refractivity contribution in [2.75, 3.05) is 6.54 Å². The van der Waals surface area contributed by atoms with Crippen molar-refractivity contribution in [3.8, 4) is 0 Å². The predicted molar refractivity (Wildman–Crippen MR) is 101 cm³/mol. The summed E-state index contributed by atoms with van der Waals surface area (Å²) >= 11 is 0. The molecular formula is C22H25NO3. The van der Waals surface area contributed by atoms with E-state index in [1.165, 1.54) is 0 Å². The molecule has 0 bridgehead atoms. The van der Waals surface area contributed by atoms with Gasteiger partial charge in [0.25, 0.3) is 0 Å². The molecule has 2 aromatic carbocycles. The van der Waals surface area contributed by atoms with Crippen molar-refractivity contribution in [1.29, 1.82) is 0 Å². The molecule has 2 N–H and O–H groups in total. The van der Waals surface area contributed by atoms with E-state index in [1.54, 1.807) is 0 Å². The Kier molecular flexibility index (Phi) is 5.71. The maximum Gasteiger partial charge on any atom is 0.308 e. The Hall–Kier alpha value is -2.62. The first-order valence-corrected chi connectivity index (χ1v) is 9.18. The van der Waals surface area contributed by atoms with Crippen molar-refractivity contribution in [1.82, 2.24) is 5.32 Å². The fourth-order valence-electron chi connectivity index (χ4n) is 3.62. The molecule has 1 saturated carbocycles. The smallest absolute Gasteiger partial charge is 0.308 e. The van der Waals surface area contributed by atoms with E-state index >= 15 is 0 Å². The lowest BCUT2D eigenvalue weighted by Crippen LogP contribution is -2.49. The van der Waals surface area contributed by atoms with Gasteiger partial charge in [-0.3, -0.25) is 9.59 Å². The summed E-state index contributed by atoms with van der Waals surface area (Å²) in [4.78, 5) is 24.4. The van der Waals surface area contributed by atoms with Crippen LogP contribution in [-0.4, -0.2) is 23.5 Å². The van der Waals surface area contributed by atoms with Crippen LogP contribution >= 0.6 is 0 Å². The van der Waals surface area contributed by atoms with E-state index in [0.717, 1.165) is 36.8 Å². The van der Waals surface area contributed by atoms with Gasteiger partial charge in [0, 0.05) is 6.54 Å². The molecule has 1 aliphatic carbocycles. The van der Waals surface area contributed by atoms with E-state index < -0.39 is 11.9 Å². The predicted octanol–water partition coefficient (Wildman–Crippen LogP) is 3.46. The van der Waals surface area contributed by atoms with Gasteiger partial charge in [0.2, 0.25) is 5.91 Å². The molecule has 4 heteroatoms. The molecule has 4 nitrogen and oxygen atoms in total. The quantitative estimate of drug-likeness (QED) is 0.765. The summed E-state index contributed by atoms with van der Waals surface area (Å²) in [6, 6.07) is 19.6. The molecule has 3 rings (SSSR count). The van der Waals surface area contributed by atoms with Crippen LogP contribution in [0.2, 0.25) is 0 Å². The fraction of sp³-hybridized carbons (Fsp3) is 0.364. The second-order valence-electron chi connectivity index (χ2n) is 7.23. The van der Waals surface area contributed by atoms with Crippen molar-refractivity contribution in [3.05, 3.63) is 71.8 Å². The summed E-state index contributed by atoms with van der Waals surface area (Å²) in [7, 11) is 0. The van der Waals surface area contributed by atoms with Gasteiger partial charge >= 0.3 is 5.97 Å². The zero-order valence-electron chi connectivity index (χ0n) is 14.9. The number of aliphatic carboxylic acids is 1. The number of amides is 1. The second-order valence-corrected chi connectivity index (χ2v) is 7.23. The average Bonchev–Trinajstić information content (AvgIpc) is 2.63. The van der Waals surface area contributed by atoms with Crippen LogP contribution in [0.25, 0.3) is 0 Å². The molecule has 1 atom stereocenters. The van der Waals surface area contributed by atoms with Crippen molar-refractivity contribution < 1.29 is 14.7 Å². The van der Waals surface area contributed by atoms with Crippen molar-refractivity contribution in [2.24, 2.45) is 11.3 Å². The van der Waals surface area contributed by atoms with Crippen LogP contribution in [0.4, 0.5) is 0 Å². The van der Waals surface area contributed by atoms with Gasteiger partial charge in [-0.05, 0) is 36.8 Å². The highest BCUT2D eigenvalue weighted by atomic mass is 16.4. The van der Waals surface area contributed by atoms with Gasteiger partial charge in [0.1, 0.15) is 0 Å². The van der Waals surface area contributed by atoms with Crippen LogP contribution < -0.4 is 5.32 Å². The molecular weight excluding hydrogens is 326 g/mol. The van der Waals surface area contributed by atoms with Crippen LogP contribution in [0.5, 0.6) is 0 Å². The first-order valence-electron chi connectivity index (χ1n) is 9.18. The summed E-state index contributed by atoms with van der Waals surface area (Å²) in [6.45, 7) is 0.166. The molecule has 0 radical (unpaired) electrons. The molecule has 1 unspecified atom stereocenters. The monoisotopic (exact) mass is 351 g/mol. The van der Waals surface area contributed by atoms with Crippen molar-refractivity contribution in [2.45, 2.75) is 32.1 Å². The molecule has 1 fully saturated rings. The summed E-state index contributed by atoms with van der Waals surface area (Å²) in [5.41, 5.74) is 1.75. The van der Waals surface area contributed by atoms with Gasteiger partial charge in [-0.25, -0.2) is 0 Å². The third kappa shape index (κ3) is 4.31. The summed E-state index contributed by atoms with van der Waals surface area (Å²) < 4.78 is 0. The number of benzene rings is 2. The van der Waals surface area contributed by atoms with Crippen LogP contribution in [0.1, 0.15) is 30.4 Å². The number of carboxylic acids is 1. The van der Waals surface area contributed by atoms with Gasteiger partial charge in [-0.15, -0.1) is 0 Å². The highest BCUT2D eigenvalue weighted by molar-refractivity contribution is 5.84. The number of hydrogen-bond acceptors (Lipinski definition) is 2. The number of carbonyl (C=O) groups excluding carboxylic acids is 1. The molecule has 136 valence electrons. The largest absolute Gasteiger partial charge is 0.481 e. The normalized spacial score (nSPS) is 16.3. The molecule has 1 aliphatic rings. The fourth-order valence-corrected chi connectivity index (χ4v) is 3.62. The van der Waals surface area contributed by atoms with Gasteiger partial charge in [-0.2, -0.15) is 0 Å². The van der Waals surface area contributed by atoms with Crippen LogP contribution in [0.15, 0.2) is 60.7 Å². The van der Waals surface area contributed by atoms with Crippen LogP contribution in [-0.2, 0) is 22.4 Å². The van der Waals surface area contributed by atoms with Crippen LogP contribution in [0, 0.1) is 11.3 Å². The average molecular weight is 351 g/mol. The topological polar surface area (TPSA) is 66.4 Å². The summed E-state index contributed by atoms with van der Waals surface area (Å²) in [5, 5.41) is 12.4. The zero-order chi connectivity index (χ0) is 18.4. The maximum absolute atomic E-state index is 12.8. The van der Waals surface area contributed by atoms with Gasteiger partial charge < -0.3 is 10.4 Å². The SMILES string of the molecule is O=C(O)C(CNC(=O)C1(Cc2ccccc2)CCC1)Cc1ccccc1. The van der Waals surface area contributed by atoms with E-state index in [2.05, 4.69) is 5.32 Å². The molecule has 26 heavy (non-hydrogen) atoms. The molecule has 0 heterocycles. The lowest BCUT2D eigenvalue weighted by atomic mass is 9.64. The van der Waals surface area contributed by atoms with E-state index in [4.69, 9.17) is 0 Å². The highest BCUT2D eigenvalue weighted by Gasteiger charge is 2.44. The number of carbonyl (C=O) groups is 2. The van der Waals surface area contributed by atoms with E-state index in [9.17, 15) is 14.7 Å². The van der Waals surface area contributed by atoms with E-state index in [0.29, 0.717) is 6.42 Å². The first-order chi connectivity index (χ1) is 12.6. The molecule has 0 aliphatic heterocycles. The Bertz CT molecular complexity index is 738. The Labute approximate surface area is 154 Å². The Morgan fingerprint density at radius 1 is 0.962 bits per heavy atom. The Balaban J connectivity index is 1.61. The minimum absolute atomic E-state index is 0.00749. The lowest BCUT2D eigenvalue weighted by Gasteiger charge is -2.40. The molecule has 0 aromatic heterocycles. The van der Waals surface area contributed by atoms with Gasteiger partial charge in [0.05, 0.1) is 11.3 Å².